The second-order valence-electron chi connectivity index (χ2n) is 5.77. The second-order valence-corrected chi connectivity index (χ2v) is 5.77. The maximum Gasteiger partial charge on any atom is 0.323 e. The van der Waals surface area contributed by atoms with Gasteiger partial charge in [-0.05, 0) is 39.8 Å². The number of carboxylic acid groups (broad SMARTS) is 1. The molecule has 0 fully saturated rings. The fraction of sp³-hybridized carbons (Fsp3) is 0.400. The van der Waals surface area contributed by atoms with Crippen molar-refractivity contribution in [2.75, 3.05) is 11.4 Å². The maximum atomic E-state index is 11.1. The van der Waals surface area contributed by atoms with Gasteiger partial charge in [0.15, 0.2) is 5.82 Å². The molecule has 1 heterocycles. The molecule has 20 heavy (non-hydrogen) atoms. The van der Waals surface area contributed by atoms with Crippen molar-refractivity contribution in [1.82, 2.24) is 9.97 Å². The SMILES string of the molecule is Cc1nc2ccccc2nc1N(CC(=O)O)C(C)(C)C. The van der Waals surface area contributed by atoms with E-state index >= 15 is 0 Å². The maximum absolute atomic E-state index is 11.1. The average Bonchev–Trinajstić information content (AvgIpc) is 2.34. The van der Waals surface area contributed by atoms with E-state index < -0.39 is 5.97 Å². The summed E-state index contributed by atoms with van der Waals surface area (Å²) in [6, 6.07) is 7.59. The zero-order valence-electron chi connectivity index (χ0n) is 12.2. The molecule has 0 unspecified atom stereocenters. The summed E-state index contributed by atoms with van der Waals surface area (Å²) in [5.41, 5.74) is 1.98. The molecule has 1 aromatic heterocycles. The number of nitrogens with zero attached hydrogens (tertiary/aromatic N) is 3. The van der Waals surface area contributed by atoms with E-state index in [0.717, 1.165) is 16.7 Å². The summed E-state index contributed by atoms with van der Waals surface area (Å²) in [7, 11) is 0. The molecule has 0 atom stereocenters. The van der Waals surface area contributed by atoms with E-state index in [1.165, 1.54) is 0 Å². The Balaban J connectivity index is 2.58. The van der Waals surface area contributed by atoms with E-state index in [1.54, 1.807) is 4.90 Å². The molecule has 0 saturated heterocycles. The molecular formula is C15H19N3O2. The minimum Gasteiger partial charge on any atom is -0.480 e. The van der Waals surface area contributed by atoms with Gasteiger partial charge >= 0.3 is 5.97 Å². The Bertz CT molecular complexity index is 647. The van der Waals surface area contributed by atoms with E-state index in [9.17, 15) is 4.79 Å². The quantitative estimate of drug-likeness (QED) is 0.931. The lowest BCUT2D eigenvalue weighted by atomic mass is 10.1. The van der Waals surface area contributed by atoms with Crippen LogP contribution in [0.15, 0.2) is 24.3 Å². The first-order chi connectivity index (χ1) is 9.29. The molecule has 2 aromatic rings. The largest absolute Gasteiger partial charge is 0.480 e. The number of anilines is 1. The van der Waals surface area contributed by atoms with Crippen LogP contribution >= 0.6 is 0 Å². The van der Waals surface area contributed by atoms with Crippen molar-refractivity contribution in [2.45, 2.75) is 33.2 Å². The molecule has 1 N–H and O–H groups in total. The summed E-state index contributed by atoms with van der Waals surface area (Å²) >= 11 is 0. The smallest absolute Gasteiger partial charge is 0.323 e. The molecule has 0 aliphatic heterocycles. The predicted octanol–water partition coefficient (Wildman–Crippen LogP) is 2.63. The number of hydrogen-bond donors (Lipinski definition) is 1. The van der Waals surface area contributed by atoms with Crippen molar-refractivity contribution in [3.8, 4) is 0 Å². The van der Waals surface area contributed by atoms with Gasteiger partial charge in [-0.1, -0.05) is 12.1 Å². The number of para-hydroxylation sites is 2. The molecule has 5 nitrogen and oxygen atoms in total. The van der Waals surface area contributed by atoms with Gasteiger partial charge in [0.2, 0.25) is 0 Å². The van der Waals surface area contributed by atoms with Gasteiger partial charge in [-0.3, -0.25) is 4.79 Å². The zero-order chi connectivity index (χ0) is 14.9. The van der Waals surface area contributed by atoms with Crippen LogP contribution in [0.1, 0.15) is 26.5 Å². The number of fused-ring (bicyclic) bond motifs is 1. The van der Waals surface area contributed by atoms with E-state index in [1.807, 2.05) is 52.0 Å². The van der Waals surface area contributed by atoms with E-state index in [2.05, 4.69) is 9.97 Å². The lowest BCUT2D eigenvalue weighted by Gasteiger charge is -2.36. The monoisotopic (exact) mass is 273 g/mol. The van der Waals surface area contributed by atoms with Crippen molar-refractivity contribution < 1.29 is 9.90 Å². The van der Waals surface area contributed by atoms with Crippen LogP contribution in [0.25, 0.3) is 11.0 Å². The summed E-state index contributed by atoms with van der Waals surface area (Å²) in [5, 5.41) is 9.12. The molecular weight excluding hydrogens is 254 g/mol. The van der Waals surface area contributed by atoms with E-state index in [0.29, 0.717) is 5.82 Å². The zero-order valence-corrected chi connectivity index (χ0v) is 12.2. The van der Waals surface area contributed by atoms with Gasteiger partial charge in [0.1, 0.15) is 6.54 Å². The molecule has 0 bridgehead atoms. The topological polar surface area (TPSA) is 66.3 Å². The van der Waals surface area contributed by atoms with Gasteiger partial charge in [-0.25, -0.2) is 9.97 Å². The molecule has 0 spiro atoms. The first-order valence-electron chi connectivity index (χ1n) is 6.52. The van der Waals surface area contributed by atoms with Crippen molar-refractivity contribution in [1.29, 1.82) is 0 Å². The third-order valence-electron chi connectivity index (χ3n) is 3.08. The van der Waals surface area contributed by atoms with Gasteiger partial charge in [0.25, 0.3) is 0 Å². The van der Waals surface area contributed by atoms with Crippen LogP contribution in [-0.4, -0.2) is 33.1 Å². The van der Waals surface area contributed by atoms with Crippen LogP contribution in [0.2, 0.25) is 0 Å². The molecule has 106 valence electrons. The molecule has 0 saturated carbocycles. The number of aliphatic carboxylic acids is 1. The fourth-order valence-corrected chi connectivity index (χ4v) is 2.10. The highest BCUT2D eigenvalue weighted by Crippen LogP contribution is 2.26. The number of carbonyl (C=O) groups is 1. The molecule has 5 heteroatoms. The molecule has 0 aliphatic rings. The predicted molar refractivity (Wildman–Crippen MR) is 79.0 cm³/mol. The van der Waals surface area contributed by atoms with Crippen LogP contribution < -0.4 is 4.90 Å². The number of carboxylic acids is 1. The van der Waals surface area contributed by atoms with Crippen LogP contribution in [0.4, 0.5) is 5.82 Å². The van der Waals surface area contributed by atoms with Crippen molar-refractivity contribution in [3.05, 3.63) is 30.0 Å². The minimum atomic E-state index is -0.880. The van der Waals surface area contributed by atoms with Gasteiger partial charge in [-0.15, -0.1) is 0 Å². The number of rotatable bonds is 3. The minimum absolute atomic E-state index is 0.0998. The Morgan fingerprint density at radius 3 is 2.25 bits per heavy atom. The Hall–Kier alpha value is -2.17. The Kier molecular flexibility index (Phi) is 3.61. The Morgan fingerprint density at radius 1 is 1.20 bits per heavy atom. The number of aromatic nitrogens is 2. The van der Waals surface area contributed by atoms with Gasteiger partial charge in [0.05, 0.1) is 16.7 Å². The van der Waals surface area contributed by atoms with Crippen molar-refractivity contribution in [2.24, 2.45) is 0 Å². The Morgan fingerprint density at radius 2 is 1.75 bits per heavy atom. The van der Waals surface area contributed by atoms with E-state index in [4.69, 9.17) is 5.11 Å². The normalized spacial score (nSPS) is 11.6. The van der Waals surface area contributed by atoms with Crippen LogP contribution in [0.5, 0.6) is 0 Å². The highest BCUT2D eigenvalue weighted by molar-refractivity contribution is 5.78. The highest BCUT2D eigenvalue weighted by Gasteiger charge is 2.27. The van der Waals surface area contributed by atoms with Gasteiger partial charge in [0, 0.05) is 5.54 Å². The van der Waals surface area contributed by atoms with Gasteiger partial charge in [-0.2, -0.15) is 0 Å². The first kappa shape index (κ1) is 14.2. The Labute approximate surface area is 118 Å². The number of hydrogen-bond acceptors (Lipinski definition) is 4. The summed E-state index contributed by atoms with van der Waals surface area (Å²) in [6.07, 6.45) is 0. The summed E-state index contributed by atoms with van der Waals surface area (Å²) in [5.74, 6) is -0.257. The molecule has 0 radical (unpaired) electrons. The molecule has 0 amide bonds. The molecule has 2 rings (SSSR count). The molecule has 0 aliphatic carbocycles. The van der Waals surface area contributed by atoms with E-state index in [-0.39, 0.29) is 12.1 Å². The van der Waals surface area contributed by atoms with Crippen molar-refractivity contribution >= 4 is 22.8 Å². The van der Waals surface area contributed by atoms with Gasteiger partial charge < -0.3 is 10.0 Å². The average molecular weight is 273 g/mol. The number of aryl methyl sites for hydroxylation is 1. The molecule has 1 aromatic carbocycles. The number of benzene rings is 1. The van der Waals surface area contributed by atoms with Crippen LogP contribution in [0, 0.1) is 6.92 Å². The highest BCUT2D eigenvalue weighted by atomic mass is 16.4. The van der Waals surface area contributed by atoms with Crippen LogP contribution in [-0.2, 0) is 4.79 Å². The second kappa shape index (κ2) is 5.07. The summed E-state index contributed by atoms with van der Waals surface area (Å²) < 4.78 is 0. The third-order valence-corrected chi connectivity index (χ3v) is 3.08. The standard InChI is InChI=1S/C15H19N3O2/c1-10-14(18(9-13(19)20)15(2,3)4)17-12-8-6-5-7-11(12)16-10/h5-8H,9H2,1-4H3,(H,19,20). The first-order valence-corrected chi connectivity index (χ1v) is 6.52. The summed E-state index contributed by atoms with van der Waals surface area (Å²) in [6.45, 7) is 7.65. The summed E-state index contributed by atoms with van der Waals surface area (Å²) in [4.78, 5) is 22.0. The fourth-order valence-electron chi connectivity index (χ4n) is 2.10. The third kappa shape index (κ3) is 2.87. The lowest BCUT2D eigenvalue weighted by molar-refractivity contribution is -0.135. The van der Waals surface area contributed by atoms with Crippen molar-refractivity contribution in [3.63, 3.8) is 0 Å². The lowest BCUT2D eigenvalue weighted by Crippen LogP contribution is -2.45. The van der Waals surface area contributed by atoms with Crippen LogP contribution in [0.3, 0.4) is 0 Å².